The second-order valence-corrected chi connectivity index (χ2v) is 5.80. The van der Waals surface area contributed by atoms with Gasteiger partial charge in [0.25, 0.3) is 5.91 Å². The van der Waals surface area contributed by atoms with Crippen molar-refractivity contribution in [3.63, 3.8) is 0 Å². The predicted octanol–water partition coefficient (Wildman–Crippen LogP) is 2.82. The van der Waals surface area contributed by atoms with Gasteiger partial charge in [-0.25, -0.2) is 0 Å². The quantitative estimate of drug-likeness (QED) is 0.912. The Morgan fingerprint density at radius 1 is 1.33 bits per heavy atom. The highest BCUT2D eigenvalue weighted by molar-refractivity contribution is 9.10. The van der Waals surface area contributed by atoms with Crippen molar-refractivity contribution in [2.24, 2.45) is 0 Å². The monoisotopic (exact) mass is 311 g/mol. The summed E-state index contributed by atoms with van der Waals surface area (Å²) in [4.78, 5) is 14.1. The number of halogens is 1. The van der Waals surface area contributed by atoms with Gasteiger partial charge in [0.2, 0.25) is 0 Å². The van der Waals surface area contributed by atoms with Gasteiger partial charge < -0.3 is 10.0 Å². The summed E-state index contributed by atoms with van der Waals surface area (Å²) in [6.45, 7) is 0. The molecule has 1 fully saturated rings. The van der Waals surface area contributed by atoms with Gasteiger partial charge in [-0.15, -0.1) is 0 Å². The lowest BCUT2D eigenvalue weighted by Crippen LogP contribution is -2.40. The zero-order valence-corrected chi connectivity index (χ0v) is 12.1. The van der Waals surface area contributed by atoms with Crippen LogP contribution >= 0.6 is 15.9 Å². The van der Waals surface area contributed by atoms with Crippen LogP contribution in [0.15, 0.2) is 28.7 Å². The average molecular weight is 312 g/mol. The molecule has 1 aromatic rings. The Bertz CT molecular complexity index is 428. The van der Waals surface area contributed by atoms with Crippen molar-refractivity contribution in [1.29, 1.82) is 0 Å². The van der Waals surface area contributed by atoms with E-state index in [1.807, 2.05) is 36.2 Å². The van der Waals surface area contributed by atoms with Crippen molar-refractivity contribution < 1.29 is 9.90 Å². The Labute approximate surface area is 116 Å². The van der Waals surface area contributed by atoms with Gasteiger partial charge in [-0.1, -0.05) is 22.0 Å². The molecule has 0 bridgehead atoms. The normalized spacial score (nSPS) is 23.7. The molecule has 1 aliphatic carbocycles. The molecule has 1 aliphatic rings. The molecule has 0 heterocycles. The molecular weight excluding hydrogens is 294 g/mol. The van der Waals surface area contributed by atoms with E-state index in [9.17, 15) is 9.90 Å². The number of benzene rings is 1. The molecule has 0 radical (unpaired) electrons. The largest absolute Gasteiger partial charge is 0.393 e. The lowest BCUT2D eigenvalue weighted by molar-refractivity contribution is 0.0569. The molecule has 98 valence electrons. The van der Waals surface area contributed by atoms with Crippen LogP contribution in [0.1, 0.15) is 36.0 Å². The Hall–Kier alpha value is -0.870. The third kappa shape index (κ3) is 3.12. The number of aliphatic hydroxyl groups is 1. The van der Waals surface area contributed by atoms with E-state index in [0.717, 1.165) is 30.2 Å². The van der Waals surface area contributed by atoms with Crippen molar-refractivity contribution in [3.05, 3.63) is 34.3 Å². The van der Waals surface area contributed by atoms with E-state index in [2.05, 4.69) is 15.9 Å². The van der Waals surface area contributed by atoms with Crippen LogP contribution < -0.4 is 0 Å². The fourth-order valence-electron chi connectivity index (χ4n) is 2.44. The molecule has 0 aromatic heterocycles. The topological polar surface area (TPSA) is 40.5 Å². The second kappa shape index (κ2) is 5.85. The molecule has 0 saturated heterocycles. The van der Waals surface area contributed by atoms with Crippen LogP contribution in [-0.2, 0) is 0 Å². The van der Waals surface area contributed by atoms with E-state index in [0.29, 0.717) is 5.56 Å². The van der Waals surface area contributed by atoms with Gasteiger partial charge >= 0.3 is 0 Å². The summed E-state index contributed by atoms with van der Waals surface area (Å²) in [7, 11) is 1.85. The Morgan fingerprint density at radius 3 is 2.61 bits per heavy atom. The SMILES string of the molecule is CN(C(=O)c1cccc(Br)c1)C1CCC(O)CC1. The van der Waals surface area contributed by atoms with E-state index in [1.54, 1.807) is 0 Å². The Morgan fingerprint density at radius 2 is 2.00 bits per heavy atom. The lowest BCUT2D eigenvalue weighted by Gasteiger charge is -2.33. The molecule has 1 aromatic carbocycles. The van der Waals surface area contributed by atoms with Crippen LogP contribution in [0.5, 0.6) is 0 Å². The molecular formula is C14H18BrNO2. The predicted molar refractivity (Wildman–Crippen MR) is 74.5 cm³/mol. The highest BCUT2D eigenvalue weighted by atomic mass is 79.9. The summed E-state index contributed by atoms with van der Waals surface area (Å²) in [6, 6.07) is 7.71. The minimum atomic E-state index is -0.185. The van der Waals surface area contributed by atoms with Crippen molar-refractivity contribution in [2.45, 2.75) is 37.8 Å². The first kappa shape index (κ1) is 13.6. The third-order valence-corrected chi connectivity index (χ3v) is 4.10. The molecule has 2 rings (SSSR count). The summed E-state index contributed by atoms with van der Waals surface area (Å²) < 4.78 is 0.917. The van der Waals surface area contributed by atoms with Gasteiger partial charge in [0.1, 0.15) is 0 Å². The first-order chi connectivity index (χ1) is 8.58. The highest BCUT2D eigenvalue weighted by Gasteiger charge is 2.26. The summed E-state index contributed by atoms with van der Waals surface area (Å²) in [6.07, 6.45) is 3.17. The number of nitrogens with zero attached hydrogens (tertiary/aromatic N) is 1. The van der Waals surface area contributed by atoms with Crippen LogP contribution in [-0.4, -0.2) is 35.1 Å². The van der Waals surface area contributed by atoms with Gasteiger partial charge in [-0.3, -0.25) is 4.79 Å². The number of hydrogen-bond acceptors (Lipinski definition) is 2. The highest BCUT2D eigenvalue weighted by Crippen LogP contribution is 2.24. The summed E-state index contributed by atoms with van der Waals surface area (Å²) in [5.74, 6) is 0.0534. The van der Waals surface area contributed by atoms with E-state index in [4.69, 9.17) is 0 Å². The van der Waals surface area contributed by atoms with Crippen LogP contribution in [0.4, 0.5) is 0 Å². The zero-order chi connectivity index (χ0) is 13.1. The maximum atomic E-state index is 12.3. The molecule has 3 nitrogen and oxygen atoms in total. The van der Waals surface area contributed by atoms with Crippen molar-refractivity contribution >= 4 is 21.8 Å². The first-order valence-electron chi connectivity index (χ1n) is 6.28. The summed E-state index contributed by atoms with van der Waals surface area (Å²) in [5, 5.41) is 9.49. The molecule has 0 aliphatic heterocycles. The molecule has 0 atom stereocenters. The smallest absolute Gasteiger partial charge is 0.253 e. The average Bonchev–Trinajstić information content (AvgIpc) is 2.38. The van der Waals surface area contributed by atoms with Crippen LogP contribution in [0.2, 0.25) is 0 Å². The fourth-order valence-corrected chi connectivity index (χ4v) is 2.84. The maximum Gasteiger partial charge on any atom is 0.253 e. The van der Waals surface area contributed by atoms with Gasteiger partial charge in [0.15, 0.2) is 0 Å². The minimum absolute atomic E-state index is 0.0534. The number of hydrogen-bond donors (Lipinski definition) is 1. The molecule has 0 spiro atoms. The van der Waals surface area contributed by atoms with Gasteiger partial charge in [0.05, 0.1) is 6.10 Å². The van der Waals surface area contributed by atoms with Crippen LogP contribution in [0.25, 0.3) is 0 Å². The second-order valence-electron chi connectivity index (χ2n) is 4.89. The maximum absolute atomic E-state index is 12.3. The summed E-state index contributed by atoms with van der Waals surface area (Å²) >= 11 is 3.38. The van der Waals surface area contributed by atoms with E-state index in [1.165, 1.54) is 0 Å². The number of amides is 1. The molecule has 1 saturated carbocycles. The minimum Gasteiger partial charge on any atom is -0.393 e. The van der Waals surface area contributed by atoms with Gasteiger partial charge in [-0.05, 0) is 43.9 Å². The Balaban J connectivity index is 2.04. The van der Waals surface area contributed by atoms with Crippen LogP contribution in [0, 0.1) is 0 Å². The van der Waals surface area contributed by atoms with E-state index in [-0.39, 0.29) is 18.1 Å². The van der Waals surface area contributed by atoms with Crippen LogP contribution in [0.3, 0.4) is 0 Å². The lowest BCUT2D eigenvalue weighted by atomic mass is 9.92. The van der Waals surface area contributed by atoms with Crippen molar-refractivity contribution in [2.75, 3.05) is 7.05 Å². The Kier molecular flexibility index (Phi) is 4.40. The number of aliphatic hydroxyl groups excluding tert-OH is 1. The van der Waals surface area contributed by atoms with Crippen molar-refractivity contribution in [3.8, 4) is 0 Å². The zero-order valence-electron chi connectivity index (χ0n) is 10.5. The van der Waals surface area contributed by atoms with Gasteiger partial charge in [0, 0.05) is 23.1 Å². The standard InChI is InChI=1S/C14H18BrNO2/c1-16(12-5-7-13(17)8-6-12)14(18)10-3-2-4-11(15)9-10/h2-4,9,12-13,17H,5-8H2,1H3. The first-order valence-corrected chi connectivity index (χ1v) is 7.08. The molecule has 1 amide bonds. The number of carbonyl (C=O) groups excluding carboxylic acids is 1. The molecule has 18 heavy (non-hydrogen) atoms. The van der Waals surface area contributed by atoms with E-state index >= 15 is 0 Å². The summed E-state index contributed by atoms with van der Waals surface area (Å²) in [5.41, 5.74) is 0.706. The molecule has 1 N–H and O–H groups in total. The van der Waals surface area contributed by atoms with Crippen molar-refractivity contribution in [1.82, 2.24) is 4.90 Å². The number of carbonyl (C=O) groups is 1. The fraction of sp³-hybridized carbons (Fsp3) is 0.500. The molecule has 4 heteroatoms. The molecule has 0 unspecified atom stereocenters. The number of rotatable bonds is 2. The van der Waals surface area contributed by atoms with Gasteiger partial charge in [-0.2, -0.15) is 0 Å². The third-order valence-electron chi connectivity index (χ3n) is 3.61. The van der Waals surface area contributed by atoms with E-state index < -0.39 is 0 Å².